The molecule has 0 aliphatic heterocycles. The summed E-state index contributed by atoms with van der Waals surface area (Å²) in [5.41, 5.74) is 2.61. The predicted octanol–water partition coefficient (Wildman–Crippen LogP) is 3.40. The monoisotopic (exact) mass is 241 g/mol. The van der Waals surface area contributed by atoms with Crippen molar-refractivity contribution in [2.45, 2.75) is 32.3 Å². The number of benzene rings is 1. The number of hydrogen-bond donors (Lipinski definition) is 1. The van der Waals surface area contributed by atoms with Gasteiger partial charge in [-0.1, -0.05) is 50.2 Å². The van der Waals surface area contributed by atoms with E-state index in [9.17, 15) is 5.11 Å². The summed E-state index contributed by atoms with van der Waals surface area (Å²) in [5, 5.41) is 10.6. The van der Waals surface area contributed by atoms with Crippen molar-refractivity contribution in [3.05, 3.63) is 65.5 Å². The van der Waals surface area contributed by atoms with Crippen LogP contribution in [0.5, 0.6) is 0 Å². The molecule has 1 atom stereocenters. The second-order valence-electron chi connectivity index (χ2n) is 5.22. The molecular weight excluding hydrogens is 222 g/mol. The van der Waals surface area contributed by atoms with Crippen molar-refractivity contribution in [2.24, 2.45) is 0 Å². The Balaban J connectivity index is 2.32. The normalized spacial score (nSPS) is 13.3. The maximum absolute atomic E-state index is 10.6. The lowest BCUT2D eigenvalue weighted by Gasteiger charge is -2.31. The van der Waals surface area contributed by atoms with Gasteiger partial charge in [-0.2, -0.15) is 0 Å². The van der Waals surface area contributed by atoms with Gasteiger partial charge in [0, 0.05) is 17.3 Å². The number of pyridine rings is 1. The molecule has 18 heavy (non-hydrogen) atoms. The minimum Gasteiger partial charge on any atom is -0.387 e. The van der Waals surface area contributed by atoms with Crippen LogP contribution in [0.3, 0.4) is 0 Å². The SMILES string of the molecule is Cc1ccc(C(O)C(C)(C)c2ccccc2)cn1. The summed E-state index contributed by atoms with van der Waals surface area (Å²) in [6.45, 7) is 6.04. The summed E-state index contributed by atoms with van der Waals surface area (Å²) in [5.74, 6) is 0. The van der Waals surface area contributed by atoms with Crippen molar-refractivity contribution in [3.8, 4) is 0 Å². The summed E-state index contributed by atoms with van der Waals surface area (Å²) in [6.07, 6.45) is 1.19. The van der Waals surface area contributed by atoms with E-state index in [1.165, 1.54) is 0 Å². The van der Waals surface area contributed by atoms with Gasteiger partial charge in [-0.3, -0.25) is 4.98 Å². The van der Waals surface area contributed by atoms with Crippen LogP contribution in [0.4, 0.5) is 0 Å². The van der Waals surface area contributed by atoms with Crippen LogP contribution in [0.2, 0.25) is 0 Å². The third-order valence-corrected chi connectivity index (χ3v) is 3.45. The van der Waals surface area contributed by atoms with Gasteiger partial charge in [0.25, 0.3) is 0 Å². The number of aliphatic hydroxyl groups excluding tert-OH is 1. The van der Waals surface area contributed by atoms with Crippen molar-refractivity contribution in [2.75, 3.05) is 0 Å². The van der Waals surface area contributed by atoms with E-state index in [1.807, 2.05) is 63.2 Å². The van der Waals surface area contributed by atoms with Gasteiger partial charge in [0.1, 0.15) is 0 Å². The Morgan fingerprint density at radius 3 is 2.28 bits per heavy atom. The van der Waals surface area contributed by atoms with Crippen molar-refractivity contribution >= 4 is 0 Å². The fraction of sp³-hybridized carbons (Fsp3) is 0.312. The molecule has 94 valence electrons. The second-order valence-corrected chi connectivity index (χ2v) is 5.22. The van der Waals surface area contributed by atoms with E-state index < -0.39 is 6.10 Å². The summed E-state index contributed by atoms with van der Waals surface area (Å²) in [7, 11) is 0. The maximum Gasteiger partial charge on any atom is 0.0896 e. The minimum atomic E-state index is -0.562. The van der Waals surface area contributed by atoms with Gasteiger partial charge >= 0.3 is 0 Å². The molecule has 1 unspecified atom stereocenters. The van der Waals surface area contributed by atoms with Crippen molar-refractivity contribution < 1.29 is 5.11 Å². The molecule has 0 saturated carbocycles. The molecule has 0 saturated heterocycles. The number of aromatic nitrogens is 1. The molecule has 1 aromatic carbocycles. The maximum atomic E-state index is 10.6. The molecule has 0 aliphatic carbocycles. The molecule has 2 nitrogen and oxygen atoms in total. The Morgan fingerprint density at radius 2 is 1.72 bits per heavy atom. The molecule has 2 aromatic rings. The van der Waals surface area contributed by atoms with Gasteiger partial charge in [0.2, 0.25) is 0 Å². The van der Waals surface area contributed by atoms with Crippen LogP contribution in [-0.4, -0.2) is 10.1 Å². The Kier molecular flexibility index (Phi) is 3.48. The molecule has 0 fully saturated rings. The highest BCUT2D eigenvalue weighted by molar-refractivity contribution is 5.29. The Bertz CT molecular complexity index is 502. The molecule has 0 amide bonds. The Morgan fingerprint density at radius 1 is 1.06 bits per heavy atom. The second kappa shape index (κ2) is 4.91. The molecule has 2 rings (SSSR count). The van der Waals surface area contributed by atoms with Crippen molar-refractivity contribution in [1.82, 2.24) is 4.98 Å². The highest BCUT2D eigenvalue weighted by Crippen LogP contribution is 2.36. The first-order valence-corrected chi connectivity index (χ1v) is 6.18. The van der Waals surface area contributed by atoms with Crippen LogP contribution >= 0.6 is 0 Å². The van der Waals surface area contributed by atoms with E-state index in [2.05, 4.69) is 4.98 Å². The summed E-state index contributed by atoms with van der Waals surface area (Å²) < 4.78 is 0. The van der Waals surface area contributed by atoms with Crippen LogP contribution in [-0.2, 0) is 5.41 Å². The molecule has 0 spiro atoms. The predicted molar refractivity (Wildman–Crippen MR) is 73.4 cm³/mol. The van der Waals surface area contributed by atoms with E-state index in [0.29, 0.717) is 0 Å². The first kappa shape index (κ1) is 12.8. The third kappa shape index (κ3) is 2.44. The van der Waals surface area contributed by atoms with Crippen LogP contribution in [0.15, 0.2) is 48.7 Å². The van der Waals surface area contributed by atoms with Gasteiger partial charge in [-0.15, -0.1) is 0 Å². The van der Waals surface area contributed by atoms with E-state index in [4.69, 9.17) is 0 Å². The van der Waals surface area contributed by atoms with Crippen LogP contribution in [0, 0.1) is 6.92 Å². The lowest BCUT2D eigenvalue weighted by molar-refractivity contribution is 0.0999. The van der Waals surface area contributed by atoms with Gasteiger partial charge in [-0.05, 0) is 24.1 Å². The number of hydrogen-bond acceptors (Lipinski definition) is 2. The third-order valence-electron chi connectivity index (χ3n) is 3.45. The topological polar surface area (TPSA) is 33.1 Å². The van der Waals surface area contributed by atoms with Crippen LogP contribution in [0.25, 0.3) is 0 Å². The fourth-order valence-electron chi connectivity index (χ4n) is 2.08. The smallest absolute Gasteiger partial charge is 0.0896 e. The minimum absolute atomic E-state index is 0.335. The molecule has 2 heteroatoms. The highest BCUT2D eigenvalue weighted by Gasteiger charge is 2.30. The zero-order chi connectivity index (χ0) is 13.2. The Hall–Kier alpha value is -1.67. The molecule has 0 radical (unpaired) electrons. The van der Waals surface area contributed by atoms with E-state index in [0.717, 1.165) is 16.8 Å². The fourth-order valence-corrected chi connectivity index (χ4v) is 2.08. The van der Waals surface area contributed by atoms with Gasteiger partial charge in [0.15, 0.2) is 0 Å². The molecule has 0 aliphatic rings. The van der Waals surface area contributed by atoms with Crippen LogP contribution in [0.1, 0.15) is 36.8 Å². The highest BCUT2D eigenvalue weighted by atomic mass is 16.3. The average molecular weight is 241 g/mol. The largest absolute Gasteiger partial charge is 0.387 e. The number of rotatable bonds is 3. The lowest BCUT2D eigenvalue weighted by Crippen LogP contribution is -2.26. The summed E-state index contributed by atoms with van der Waals surface area (Å²) >= 11 is 0. The van der Waals surface area contributed by atoms with Crippen molar-refractivity contribution in [3.63, 3.8) is 0 Å². The molecule has 1 heterocycles. The molecular formula is C16H19NO. The van der Waals surface area contributed by atoms with Gasteiger partial charge in [0.05, 0.1) is 6.10 Å². The molecule has 1 aromatic heterocycles. The quantitative estimate of drug-likeness (QED) is 0.893. The van der Waals surface area contributed by atoms with Gasteiger partial charge in [-0.25, -0.2) is 0 Å². The number of aliphatic hydroxyl groups is 1. The zero-order valence-corrected chi connectivity index (χ0v) is 11.1. The van der Waals surface area contributed by atoms with Gasteiger partial charge < -0.3 is 5.11 Å². The zero-order valence-electron chi connectivity index (χ0n) is 11.1. The summed E-state index contributed by atoms with van der Waals surface area (Å²) in [4.78, 5) is 4.25. The molecule has 0 bridgehead atoms. The number of nitrogens with zero attached hydrogens (tertiary/aromatic N) is 1. The average Bonchev–Trinajstić information content (AvgIpc) is 2.40. The Labute approximate surface area is 108 Å². The van der Waals surface area contributed by atoms with Crippen molar-refractivity contribution in [1.29, 1.82) is 0 Å². The first-order valence-electron chi connectivity index (χ1n) is 6.18. The number of aryl methyl sites for hydroxylation is 1. The lowest BCUT2D eigenvalue weighted by atomic mass is 9.77. The van der Waals surface area contributed by atoms with E-state index >= 15 is 0 Å². The van der Waals surface area contributed by atoms with E-state index in [1.54, 1.807) is 6.20 Å². The first-order chi connectivity index (χ1) is 8.51. The van der Waals surface area contributed by atoms with Crippen LogP contribution < -0.4 is 0 Å². The van der Waals surface area contributed by atoms with E-state index in [-0.39, 0.29) is 5.41 Å². The molecule has 1 N–H and O–H groups in total. The summed E-state index contributed by atoms with van der Waals surface area (Å²) in [6, 6.07) is 13.9. The standard InChI is InChI=1S/C16H19NO/c1-12-9-10-13(11-17-12)15(18)16(2,3)14-7-5-4-6-8-14/h4-11,15,18H,1-3H3.